The van der Waals surface area contributed by atoms with Crippen LogP contribution in [0.3, 0.4) is 0 Å². The fraction of sp³-hybridized carbons (Fsp3) is 0.667. The maximum atomic E-state index is 11.8. The maximum absolute atomic E-state index is 11.8. The topological polar surface area (TPSA) is 55.1 Å². The molecule has 2 unspecified atom stereocenters. The molecule has 6 heteroatoms. The minimum absolute atomic E-state index is 0.164. The number of rotatable bonds is 3. The van der Waals surface area contributed by atoms with Crippen LogP contribution in [0.5, 0.6) is 0 Å². The van der Waals surface area contributed by atoms with E-state index >= 15 is 0 Å². The summed E-state index contributed by atoms with van der Waals surface area (Å²) in [5.74, 6) is -0.767. The van der Waals surface area contributed by atoms with Gasteiger partial charge in [0.1, 0.15) is 0 Å². The SMILES string of the molecule is NC1C=CC(C(=O)NCCC(F)(F)F)C1. The van der Waals surface area contributed by atoms with Gasteiger partial charge in [0.05, 0.1) is 12.3 Å². The van der Waals surface area contributed by atoms with Gasteiger partial charge in [-0.1, -0.05) is 12.2 Å². The lowest BCUT2D eigenvalue weighted by molar-refractivity contribution is -0.136. The van der Waals surface area contributed by atoms with E-state index in [0.29, 0.717) is 6.42 Å². The van der Waals surface area contributed by atoms with E-state index in [1.165, 1.54) is 0 Å². The summed E-state index contributed by atoms with van der Waals surface area (Å²) in [6.45, 7) is -0.373. The average Bonchev–Trinajstić information content (AvgIpc) is 2.49. The quantitative estimate of drug-likeness (QED) is 0.699. The lowest BCUT2D eigenvalue weighted by Crippen LogP contribution is -2.33. The van der Waals surface area contributed by atoms with E-state index in [-0.39, 0.29) is 24.4 Å². The third-order valence-electron chi connectivity index (χ3n) is 2.16. The van der Waals surface area contributed by atoms with Crippen molar-refractivity contribution in [3.63, 3.8) is 0 Å². The van der Waals surface area contributed by atoms with Crippen molar-refractivity contribution >= 4 is 5.91 Å². The van der Waals surface area contributed by atoms with E-state index in [0.717, 1.165) is 0 Å². The van der Waals surface area contributed by atoms with Gasteiger partial charge in [-0.3, -0.25) is 4.79 Å². The molecule has 3 nitrogen and oxygen atoms in total. The summed E-state index contributed by atoms with van der Waals surface area (Å²) in [5.41, 5.74) is 5.51. The monoisotopic (exact) mass is 222 g/mol. The molecule has 0 heterocycles. The number of halogens is 3. The smallest absolute Gasteiger partial charge is 0.355 e. The molecule has 0 aromatic carbocycles. The summed E-state index contributed by atoms with van der Waals surface area (Å²) in [6.07, 6.45) is -1.43. The third-order valence-corrected chi connectivity index (χ3v) is 2.16. The van der Waals surface area contributed by atoms with Gasteiger partial charge in [0.15, 0.2) is 0 Å². The first-order chi connectivity index (χ1) is 6.88. The molecule has 0 fully saturated rings. The summed E-state index contributed by atoms with van der Waals surface area (Å²) >= 11 is 0. The van der Waals surface area contributed by atoms with Crippen LogP contribution in [0.1, 0.15) is 12.8 Å². The van der Waals surface area contributed by atoms with Crippen LogP contribution < -0.4 is 11.1 Å². The zero-order valence-corrected chi connectivity index (χ0v) is 8.05. The van der Waals surface area contributed by atoms with Crippen molar-refractivity contribution in [1.29, 1.82) is 0 Å². The predicted molar refractivity (Wildman–Crippen MR) is 48.9 cm³/mol. The number of alkyl halides is 3. The molecule has 0 aromatic heterocycles. The predicted octanol–water partition coefficient (Wildman–Crippen LogP) is 0.958. The second-order valence-corrected chi connectivity index (χ2v) is 3.55. The second-order valence-electron chi connectivity index (χ2n) is 3.55. The Morgan fingerprint density at radius 3 is 2.60 bits per heavy atom. The van der Waals surface area contributed by atoms with Crippen LogP contribution in [-0.4, -0.2) is 24.7 Å². The van der Waals surface area contributed by atoms with Crippen molar-refractivity contribution in [2.75, 3.05) is 6.54 Å². The van der Waals surface area contributed by atoms with Crippen LogP contribution in [0.4, 0.5) is 13.2 Å². The highest BCUT2D eigenvalue weighted by molar-refractivity contribution is 5.81. The van der Waals surface area contributed by atoms with E-state index in [9.17, 15) is 18.0 Å². The van der Waals surface area contributed by atoms with Crippen LogP contribution in [0.2, 0.25) is 0 Å². The second kappa shape index (κ2) is 4.65. The molecule has 0 saturated heterocycles. The van der Waals surface area contributed by atoms with Gasteiger partial charge in [-0.2, -0.15) is 13.2 Å². The molecule has 86 valence electrons. The minimum atomic E-state index is -4.23. The first kappa shape index (κ1) is 12.0. The van der Waals surface area contributed by atoms with Gasteiger partial charge < -0.3 is 11.1 Å². The van der Waals surface area contributed by atoms with E-state index in [1.54, 1.807) is 12.2 Å². The molecule has 2 atom stereocenters. The first-order valence-corrected chi connectivity index (χ1v) is 4.67. The Labute approximate surface area is 85.5 Å². The summed E-state index contributed by atoms with van der Waals surface area (Å²) in [5, 5.41) is 2.24. The van der Waals surface area contributed by atoms with Crippen molar-refractivity contribution in [1.82, 2.24) is 5.32 Å². The maximum Gasteiger partial charge on any atom is 0.390 e. The highest BCUT2D eigenvalue weighted by atomic mass is 19.4. The highest BCUT2D eigenvalue weighted by Crippen LogP contribution is 2.19. The zero-order valence-electron chi connectivity index (χ0n) is 8.05. The molecular weight excluding hydrogens is 209 g/mol. The number of carbonyl (C=O) groups excluding carboxylic acids is 1. The standard InChI is InChI=1S/C9H13F3N2O/c10-9(11,12)3-4-14-8(15)6-1-2-7(13)5-6/h1-2,6-7H,3-5,13H2,(H,14,15). The van der Waals surface area contributed by atoms with Crippen molar-refractivity contribution < 1.29 is 18.0 Å². The number of hydrogen-bond donors (Lipinski definition) is 2. The van der Waals surface area contributed by atoms with E-state index < -0.39 is 12.6 Å². The Hall–Kier alpha value is -1.04. The van der Waals surface area contributed by atoms with Crippen LogP contribution in [0.25, 0.3) is 0 Å². The van der Waals surface area contributed by atoms with Crippen molar-refractivity contribution in [2.24, 2.45) is 11.7 Å². The molecule has 1 rings (SSSR count). The molecule has 0 spiro atoms. The van der Waals surface area contributed by atoms with Gasteiger partial charge in [0, 0.05) is 12.6 Å². The van der Waals surface area contributed by atoms with Gasteiger partial charge in [-0.15, -0.1) is 0 Å². The molecule has 1 amide bonds. The van der Waals surface area contributed by atoms with Crippen LogP contribution >= 0.6 is 0 Å². The number of nitrogens with one attached hydrogen (secondary N) is 1. The van der Waals surface area contributed by atoms with Crippen molar-refractivity contribution in [3.05, 3.63) is 12.2 Å². The van der Waals surface area contributed by atoms with E-state index in [2.05, 4.69) is 5.32 Å². The number of carbonyl (C=O) groups is 1. The largest absolute Gasteiger partial charge is 0.390 e. The Morgan fingerprint density at radius 1 is 1.47 bits per heavy atom. The summed E-state index contributed by atoms with van der Waals surface area (Å²) in [7, 11) is 0. The summed E-state index contributed by atoms with van der Waals surface area (Å²) < 4.78 is 35.3. The Kier molecular flexibility index (Phi) is 3.73. The molecule has 3 N–H and O–H groups in total. The molecule has 0 saturated carbocycles. The van der Waals surface area contributed by atoms with Gasteiger partial charge in [-0.25, -0.2) is 0 Å². The van der Waals surface area contributed by atoms with E-state index in [1.807, 2.05) is 0 Å². The number of hydrogen-bond acceptors (Lipinski definition) is 2. The molecule has 15 heavy (non-hydrogen) atoms. The van der Waals surface area contributed by atoms with Gasteiger partial charge >= 0.3 is 6.18 Å². The van der Waals surface area contributed by atoms with Crippen molar-refractivity contribution in [2.45, 2.75) is 25.1 Å². The number of nitrogens with two attached hydrogens (primary N) is 1. The fourth-order valence-electron chi connectivity index (χ4n) is 1.38. The Balaban J connectivity index is 2.23. The highest BCUT2D eigenvalue weighted by Gasteiger charge is 2.28. The van der Waals surface area contributed by atoms with Crippen LogP contribution in [-0.2, 0) is 4.79 Å². The van der Waals surface area contributed by atoms with Gasteiger partial charge in [0.2, 0.25) is 5.91 Å². The fourth-order valence-corrected chi connectivity index (χ4v) is 1.38. The molecule has 0 bridgehead atoms. The van der Waals surface area contributed by atoms with E-state index in [4.69, 9.17) is 5.73 Å². The molecule has 1 aliphatic rings. The lowest BCUT2D eigenvalue weighted by atomic mass is 10.1. The molecule has 0 aliphatic heterocycles. The molecule has 0 radical (unpaired) electrons. The van der Waals surface area contributed by atoms with Gasteiger partial charge in [-0.05, 0) is 6.42 Å². The summed E-state index contributed by atoms with van der Waals surface area (Å²) in [6, 6.07) is -0.164. The third kappa shape index (κ3) is 4.33. The first-order valence-electron chi connectivity index (χ1n) is 4.67. The number of amides is 1. The normalized spacial score (nSPS) is 25.6. The molecular formula is C9H13F3N2O. The van der Waals surface area contributed by atoms with Crippen LogP contribution in [0, 0.1) is 5.92 Å². The molecule has 1 aliphatic carbocycles. The van der Waals surface area contributed by atoms with Gasteiger partial charge in [0.25, 0.3) is 0 Å². The average molecular weight is 222 g/mol. The lowest BCUT2D eigenvalue weighted by Gasteiger charge is -2.11. The minimum Gasteiger partial charge on any atom is -0.355 e. The van der Waals surface area contributed by atoms with Crippen molar-refractivity contribution in [3.8, 4) is 0 Å². The Bertz CT molecular complexity index is 263. The van der Waals surface area contributed by atoms with Crippen LogP contribution in [0.15, 0.2) is 12.2 Å². The molecule has 0 aromatic rings. The zero-order chi connectivity index (χ0) is 11.5. The Morgan fingerprint density at radius 2 is 2.13 bits per heavy atom. The summed E-state index contributed by atoms with van der Waals surface area (Å²) in [4.78, 5) is 11.3.